The van der Waals surface area contributed by atoms with E-state index in [2.05, 4.69) is 6.92 Å². The number of halogens is 2. The average molecular weight is 328 g/mol. The molecule has 0 aromatic heterocycles. The van der Waals surface area contributed by atoms with Crippen molar-refractivity contribution in [2.75, 3.05) is 6.54 Å². The van der Waals surface area contributed by atoms with Crippen molar-refractivity contribution in [1.29, 1.82) is 0 Å². The van der Waals surface area contributed by atoms with Crippen molar-refractivity contribution in [2.24, 2.45) is 0 Å². The molecule has 4 heteroatoms. The van der Waals surface area contributed by atoms with Crippen LogP contribution in [0.5, 0.6) is 0 Å². The zero-order valence-corrected chi connectivity index (χ0v) is 12.2. The number of hydrogen-bond donors (Lipinski definition) is 0. The molecule has 0 aliphatic carbocycles. The van der Waals surface area contributed by atoms with E-state index in [9.17, 15) is 0 Å². The van der Waals surface area contributed by atoms with Crippen LogP contribution in [0.2, 0.25) is 0 Å². The Morgan fingerprint density at radius 3 is 1.57 bits per heavy atom. The van der Waals surface area contributed by atoms with Crippen molar-refractivity contribution in [3.05, 3.63) is 5.73 Å². The van der Waals surface area contributed by atoms with Crippen LogP contribution in [-0.2, 0) is 15.1 Å². The maximum atomic E-state index is 6.95. The Labute approximate surface area is 105 Å². The molecule has 0 heterocycles. The third kappa shape index (κ3) is 23.2. The fourth-order valence-corrected chi connectivity index (χ4v) is 1.26. The van der Waals surface area contributed by atoms with Gasteiger partial charge in [-0.05, 0) is 0 Å². The summed E-state index contributed by atoms with van der Waals surface area (Å²) in [5.74, 6) is 0. The number of nitrogens with one attached hydrogen (secondary N) is 1. The molecular formula is C10H22Cl2NRu-. The molecule has 0 saturated heterocycles. The van der Waals surface area contributed by atoms with E-state index in [4.69, 9.17) is 25.1 Å². The van der Waals surface area contributed by atoms with Crippen LogP contribution in [0.4, 0.5) is 0 Å². The predicted octanol–water partition coefficient (Wildman–Crippen LogP) is 5.56. The summed E-state index contributed by atoms with van der Waals surface area (Å²) in [5.41, 5.74) is 6.95. The van der Waals surface area contributed by atoms with Gasteiger partial charge in [-0.1, -0.05) is 58.3 Å². The van der Waals surface area contributed by atoms with E-state index >= 15 is 0 Å². The molecule has 0 aliphatic heterocycles. The summed E-state index contributed by atoms with van der Waals surface area (Å²) >= 11 is -0.346. The third-order valence-corrected chi connectivity index (χ3v) is 2.03. The van der Waals surface area contributed by atoms with Gasteiger partial charge in [-0.15, -0.1) is 0 Å². The van der Waals surface area contributed by atoms with Gasteiger partial charge in [0.05, 0.1) is 0 Å². The van der Waals surface area contributed by atoms with E-state index in [1.165, 1.54) is 44.9 Å². The van der Waals surface area contributed by atoms with Crippen molar-refractivity contribution < 1.29 is 15.1 Å². The predicted molar refractivity (Wildman–Crippen MR) is 63.5 cm³/mol. The van der Waals surface area contributed by atoms with E-state index in [0.29, 0.717) is 6.54 Å². The summed E-state index contributed by atoms with van der Waals surface area (Å²) in [5, 5.41) is 0. The topological polar surface area (TPSA) is 23.8 Å². The molecule has 90 valence electrons. The van der Waals surface area contributed by atoms with Crippen LogP contribution in [0.1, 0.15) is 58.3 Å². The van der Waals surface area contributed by atoms with Crippen molar-refractivity contribution >= 4 is 19.4 Å². The summed E-state index contributed by atoms with van der Waals surface area (Å²) in [6, 6.07) is 0. The van der Waals surface area contributed by atoms with Gasteiger partial charge in [0, 0.05) is 0 Å². The first-order valence-electron chi connectivity index (χ1n) is 5.33. The molecule has 14 heavy (non-hydrogen) atoms. The minimum absolute atomic E-state index is 0.346. The quantitative estimate of drug-likeness (QED) is 0.412. The van der Waals surface area contributed by atoms with Gasteiger partial charge in [-0.25, -0.2) is 0 Å². The molecule has 0 spiro atoms. The number of rotatable bonds is 8. The number of hydrogen-bond acceptors (Lipinski definition) is 0. The molecule has 0 rings (SSSR count). The first kappa shape index (κ1) is 17.6. The Kier molecular flexibility index (Phi) is 24.7. The van der Waals surface area contributed by atoms with Gasteiger partial charge >= 0.3 is 34.5 Å². The van der Waals surface area contributed by atoms with Crippen LogP contribution < -0.4 is 0 Å². The Hall–Kier alpha value is 1.16. The molecular weight excluding hydrogens is 306 g/mol. The molecule has 0 aromatic rings. The average Bonchev–Trinajstić information content (AvgIpc) is 2.18. The Bertz CT molecular complexity index is 76.5. The Balaban J connectivity index is 0. The van der Waals surface area contributed by atoms with E-state index in [1.807, 2.05) is 0 Å². The van der Waals surface area contributed by atoms with Gasteiger partial charge in [0.2, 0.25) is 0 Å². The standard InChI is InChI=1S/C10H22N.2ClH.Ru/c1-2-3-4-5-6-7-8-9-10-11;;;/h11H,2-10H2,1H3;2*1H;/q-1;;;+2/p-2. The molecule has 0 bridgehead atoms. The molecule has 0 fully saturated rings. The monoisotopic (exact) mass is 328 g/mol. The molecule has 0 atom stereocenters. The van der Waals surface area contributed by atoms with E-state index in [-0.39, 0.29) is 15.1 Å². The van der Waals surface area contributed by atoms with Gasteiger partial charge in [-0.2, -0.15) is 6.54 Å². The fraction of sp³-hybridized carbons (Fsp3) is 1.00. The summed E-state index contributed by atoms with van der Waals surface area (Å²) in [6.45, 7) is 2.87. The molecule has 0 unspecified atom stereocenters. The van der Waals surface area contributed by atoms with Gasteiger partial charge in [0.15, 0.2) is 0 Å². The van der Waals surface area contributed by atoms with Crippen LogP contribution in [0.3, 0.4) is 0 Å². The Morgan fingerprint density at radius 1 is 0.857 bits per heavy atom. The third-order valence-electron chi connectivity index (χ3n) is 2.03. The van der Waals surface area contributed by atoms with Crippen LogP contribution >= 0.6 is 19.4 Å². The maximum absolute atomic E-state index is 6.95. The Morgan fingerprint density at radius 2 is 1.21 bits per heavy atom. The molecule has 0 radical (unpaired) electrons. The van der Waals surface area contributed by atoms with Crippen LogP contribution in [0.15, 0.2) is 0 Å². The van der Waals surface area contributed by atoms with Crippen LogP contribution in [0, 0.1) is 0 Å². The van der Waals surface area contributed by atoms with Gasteiger partial charge in [0.1, 0.15) is 0 Å². The van der Waals surface area contributed by atoms with Gasteiger partial charge in [-0.3, -0.25) is 0 Å². The zero-order valence-electron chi connectivity index (χ0n) is 8.97. The van der Waals surface area contributed by atoms with Crippen LogP contribution in [0.25, 0.3) is 5.73 Å². The summed E-state index contributed by atoms with van der Waals surface area (Å²) in [6.07, 6.45) is 10.7. The second-order valence-electron chi connectivity index (χ2n) is 3.28. The number of unbranched alkanes of at least 4 members (excludes halogenated alkanes) is 7. The van der Waals surface area contributed by atoms with E-state index in [1.54, 1.807) is 0 Å². The molecule has 0 saturated carbocycles. The first-order valence-corrected chi connectivity index (χ1v) is 9.80. The molecule has 1 nitrogen and oxygen atoms in total. The van der Waals surface area contributed by atoms with Crippen molar-refractivity contribution in [2.45, 2.75) is 58.3 Å². The second-order valence-corrected chi connectivity index (χ2v) is 5.91. The fourth-order valence-electron chi connectivity index (χ4n) is 1.26. The summed E-state index contributed by atoms with van der Waals surface area (Å²) < 4.78 is 0. The van der Waals surface area contributed by atoms with Crippen molar-refractivity contribution in [3.8, 4) is 0 Å². The van der Waals surface area contributed by atoms with Gasteiger partial charge < -0.3 is 5.73 Å². The minimum atomic E-state index is -0.346. The zero-order chi connectivity index (χ0) is 11.1. The van der Waals surface area contributed by atoms with Crippen molar-refractivity contribution in [1.82, 2.24) is 0 Å². The van der Waals surface area contributed by atoms with E-state index < -0.39 is 0 Å². The van der Waals surface area contributed by atoms with Crippen molar-refractivity contribution in [3.63, 3.8) is 0 Å². The first-order chi connectivity index (χ1) is 6.83. The van der Waals surface area contributed by atoms with Gasteiger partial charge in [0.25, 0.3) is 0 Å². The summed E-state index contributed by atoms with van der Waals surface area (Å²) in [7, 11) is 9.71. The van der Waals surface area contributed by atoms with Crippen LogP contribution in [-0.4, -0.2) is 6.54 Å². The molecule has 0 aliphatic rings. The molecule has 0 aromatic carbocycles. The molecule has 1 N–H and O–H groups in total. The normalized spacial score (nSPS) is 9.71. The van der Waals surface area contributed by atoms with E-state index in [0.717, 1.165) is 6.42 Å². The SMILES string of the molecule is CCCCCCCCCC[NH-].[Cl][Ru][Cl]. The summed E-state index contributed by atoms with van der Waals surface area (Å²) in [4.78, 5) is 0. The molecule has 0 amide bonds. The second kappa shape index (κ2) is 19.7.